The second-order valence-electron chi connectivity index (χ2n) is 13.9. The van der Waals surface area contributed by atoms with Crippen molar-refractivity contribution in [1.29, 1.82) is 0 Å². The van der Waals surface area contributed by atoms with E-state index in [0.29, 0.717) is 23.4 Å². The van der Waals surface area contributed by atoms with Crippen molar-refractivity contribution in [2.24, 2.45) is 5.92 Å². The highest BCUT2D eigenvalue weighted by atomic mass is 32.2. The predicted octanol–water partition coefficient (Wildman–Crippen LogP) is -0.0654. The fourth-order valence-corrected chi connectivity index (χ4v) is 6.36. The smallest absolute Gasteiger partial charge is 0.341 e. The molecule has 0 saturated heterocycles. The minimum absolute atomic E-state index is 0.118. The van der Waals surface area contributed by atoms with E-state index in [1.54, 1.807) is 25.1 Å². The number of aliphatic hydroxyl groups is 2. The normalized spacial score (nSPS) is 16.4. The number of carboxylic acid groups (broad SMARTS) is 1. The highest BCUT2D eigenvalue weighted by Crippen LogP contribution is 2.17. The molecule has 18 heteroatoms. The number of carboxylic acids is 1. The second-order valence-corrected chi connectivity index (χ2v) is 15.0. The number of amides is 4. The first-order chi connectivity index (χ1) is 27.6. The molecule has 0 radical (unpaired) electrons. The number of aliphatic hydroxyl groups excluding tert-OH is 2. The molecule has 316 valence electrons. The van der Waals surface area contributed by atoms with E-state index in [0.717, 1.165) is 22.9 Å². The van der Waals surface area contributed by atoms with Gasteiger partial charge in [0.25, 0.3) is 0 Å². The Kier molecular flexibility index (Phi) is 19.2. The van der Waals surface area contributed by atoms with Gasteiger partial charge in [-0.2, -0.15) is 11.8 Å². The van der Waals surface area contributed by atoms with Crippen LogP contribution in [-0.2, 0) is 51.1 Å². The predicted molar refractivity (Wildman–Crippen MR) is 213 cm³/mol. The number of hydrogen-bond acceptors (Lipinski definition) is 13. The quantitative estimate of drug-likeness (QED) is 0.0540. The van der Waals surface area contributed by atoms with Gasteiger partial charge in [0.05, 0.1) is 42.9 Å². The van der Waals surface area contributed by atoms with Gasteiger partial charge in [-0.05, 0) is 56.5 Å². The Hall–Kier alpha value is -5.46. The van der Waals surface area contributed by atoms with E-state index in [1.807, 2.05) is 31.2 Å². The zero-order chi connectivity index (χ0) is 42.8. The molecule has 8 N–H and O–H groups in total. The summed E-state index contributed by atoms with van der Waals surface area (Å²) in [6, 6.07) is 9.23. The lowest BCUT2D eigenvalue weighted by Gasteiger charge is -2.28. The van der Waals surface area contributed by atoms with Gasteiger partial charge in [0.15, 0.2) is 12.4 Å². The lowest BCUT2D eigenvalue weighted by molar-refractivity contribution is -0.142. The van der Waals surface area contributed by atoms with E-state index in [1.165, 1.54) is 26.0 Å². The second kappa shape index (κ2) is 23.7. The van der Waals surface area contributed by atoms with E-state index in [9.17, 15) is 38.7 Å². The number of ether oxygens (including phenoxy) is 2. The highest BCUT2D eigenvalue weighted by molar-refractivity contribution is 7.99. The van der Waals surface area contributed by atoms with Gasteiger partial charge in [0.1, 0.15) is 24.4 Å². The summed E-state index contributed by atoms with van der Waals surface area (Å²) in [4.78, 5) is 89.0. The number of aliphatic carboxylic acids is 1. The summed E-state index contributed by atoms with van der Waals surface area (Å²) >= 11 is 1.16. The van der Waals surface area contributed by atoms with Crippen LogP contribution in [0, 0.1) is 12.8 Å². The molecule has 2 aromatic carbocycles. The van der Waals surface area contributed by atoms with Crippen LogP contribution in [0.3, 0.4) is 0 Å². The molecule has 6 atom stereocenters. The molecular weight excluding hydrogens is 775 g/mol. The number of esters is 1. The van der Waals surface area contributed by atoms with Gasteiger partial charge in [-0.3, -0.25) is 28.8 Å². The van der Waals surface area contributed by atoms with Crippen LogP contribution in [0.1, 0.15) is 43.9 Å². The Morgan fingerprint density at radius 3 is 2.29 bits per heavy atom. The number of carbonyl (C=O) groups is 7. The number of Topliss-reactive ketones (excluding diaryl/α,β-unsaturated/α-hetero) is 1. The van der Waals surface area contributed by atoms with Crippen LogP contribution in [0.2, 0.25) is 0 Å². The number of benzene rings is 2. The molecule has 17 nitrogen and oxygen atoms in total. The topological polar surface area (TPSA) is 259 Å². The Morgan fingerprint density at radius 1 is 0.948 bits per heavy atom. The molecule has 1 unspecified atom stereocenters. The number of rotatable bonds is 23. The van der Waals surface area contributed by atoms with E-state index >= 15 is 0 Å². The first kappa shape index (κ1) is 46.9. The summed E-state index contributed by atoms with van der Waals surface area (Å²) in [6.45, 7) is 5.47. The van der Waals surface area contributed by atoms with Crippen LogP contribution in [-0.4, -0.2) is 125 Å². The number of aryl methyl sites for hydroxylation is 1. The van der Waals surface area contributed by atoms with E-state index in [-0.39, 0.29) is 55.8 Å². The highest BCUT2D eigenvalue weighted by Gasteiger charge is 2.33. The third kappa shape index (κ3) is 16.2. The molecule has 0 saturated carbocycles. The van der Waals surface area contributed by atoms with Crippen molar-refractivity contribution >= 4 is 53.1 Å². The summed E-state index contributed by atoms with van der Waals surface area (Å²) in [5.41, 5.74) is 2.78. The maximum Gasteiger partial charge on any atom is 0.341 e. The SMILES string of the molecule is CC(=O)[C@H](Cc1cccc(C)c1)NC1=CCOC(=O)C[C@@H]1NC(=O)[C@H](Cc1ccc(OCC(=O)O)cc1)NC(=O)[C@@H](NC(=O)CSCCNC(=O)[C@@H](C)CO)C(C)O. The third-order valence-corrected chi connectivity index (χ3v) is 9.86. The maximum absolute atomic E-state index is 14.1. The average molecular weight is 828 g/mol. The van der Waals surface area contributed by atoms with E-state index < -0.39 is 72.5 Å². The first-order valence-corrected chi connectivity index (χ1v) is 19.9. The minimum Gasteiger partial charge on any atom is -0.482 e. The van der Waals surface area contributed by atoms with Crippen molar-refractivity contribution < 1.29 is 58.4 Å². The molecule has 1 aliphatic rings. The third-order valence-electron chi connectivity index (χ3n) is 8.90. The van der Waals surface area contributed by atoms with Gasteiger partial charge in [-0.1, -0.05) is 48.9 Å². The lowest BCUT2D eigenvalue weighted by Crippen LogP contribution is -2.59. The summed E-state index contributed by atoms with van der Waals surface area (Å²) in [5, 5.41) is 42.4. The monoisotopic (exact) mass is 827 g/mol. The van der Waals surface area contributed by atoms with Gasteiger partial charge in [0.2, 0.25) is 23.6 Å². The van der Waals surface area contributed by atoms with Crippen molar-refractivity contribution in [2.75, 3.05) is 37.9 Å². The van der Waals surface area contributed by atoms with Crippen LogP contribution in [0.5, 0.6) is 5.75 Å². The minimum atomic E-state index is -1.48. The first-order valence-electron chi connectivity index (χ1n) is 18.7. The molecule has 2 aromatic rings. The van der Waals surface area contributed by atoms with Crippen molar-refractivity contribution in [1.82, 2.24) is 26.6 Å². The molecule has 1 aliphatic heterocycles. The lowest BCUT2D eigenvalue weighted by atomic mass is 9.99. The average Bonchev–Trinajstić information content (AvgIpc) is 3.34. The number of thioether (sulfide) groups is 1. The van der Waals surface area contributed by atoms with Gasteiger partial charge < -0.3 is 51.4 Å². The maximum atomic E-state index is 14.1. The number of ketones is 1. The standard InChI is InChI=1S/C40H53N5O12S/c1-23-6-5-7-28(16-23)18-31(25(3)47)42-30-12-14-56-36(52)19-32(30)43-39(54)33(17-27-8-10-29(11-9-27)57-21-35(50)51)44-40(55)37(26(4)48)45-34(49)22-58-15-13-41-38(53)24(2)20-46/h5-12,16,24,26,31-33,37,42,46,48H,13-15,17-22H2,1-4H3,(H,41,53)(H,43,54)(H,44,55)(H,45,49)(H,50,51)/t24-,26?,31-,32-,33-,37-/m0/s1. The summed E-state index contributed by atoms with van der Waals surface area (Å²) in [6.07, 6.45) is 0.0618. The summed E-state index contributed by atoms with van der Waals surface area (Å²) < 4.78 is 10.4. The van der Waals surface area contributed by atoms with E-state index in [2.05, 4.69) is 26.6 Å². The van der Waals surface area contributed by atoms with E-state index in [4.69, 9.17) is 19.7 Å². The number of cyclic esters (lactones) is 1. The molecule has 4 amide bonds. The molecule has 0 fully saturated rings. The molecule has 0 bridgehead atoms. The molecule has 0 aliphatic carbocycles. The number of hydrogen-bond donors (Lipinski definition) is 8. The van der Waals surface area contributed by atoms with Crippen LogP contribution in [0.15, 0.2) is 60.3 Å². The molecule has 3 rings (SSSR count). The fourth-order valence-electron chi connectivity index (χ4n) is 5.70. The Morgan fingerprint density at radius 2 is 1.66 bits per heavy atom. The summed E-state index contributed by atoms with van der Waals surface area (Å²) in [5.74, 6) is -4.63. The Bertz CT molecular complexity index is 1790. The fraction of sp³-hybridized carbons (Fsp3) is 0.475. The van der Waals surface area contributed by atoms with Crippen LogP contribution < -0.4 is 31.3 Å². The molecule has 0 aromatic heterocycles. The van der Waals surface area contributed by atoms with Crippen LogP contribution in [0.4, 0.5) is 0 Å². The van der Waals surface area contributed by atoms with Crippen LogP contribution >= 0.6 is 11.8 Å². The Balaban J connectivity index is 1.80. The van der Waals surface area contributed by atoms with Gasteiger partial charge in [0, 0.05) is 24.4 Å². The Labute approximate surface area is 341 Å². The summed E-state index contributed by atoms with van der Waals surface area (Å²) in [7, 11) is 0. The number of nitrogens with one attached hydrogen (secondary N) is 5. The molecule has 58 heavy (non-hydrogen) atoms. The van der Waals surface area contributed by atoms with Crippen molar-refractivity contribution in [3.05, 3.63) is 77.0 Å². The molecule has 0 spiro atoms. The van der Waals surface area contributed by atoms with Crippen molar-refractivity contribution in [3.63, 3.8) is 0 Å². The van der Waals surface area contributed by atoms with Crippen LogP contribution in [0.25, 0.3) is 0 Å². The zero-order valence-corrected chi connectivity index (χ0v) is 33.8. The zero-order valence-electron chi connectivity index (χ0n) is 32.9. The number of carbonyl (C=O) groups excluding carboxylic acids is 6. The van der Waals surface area contributed by atoms with Gasteiger partial charge in [-0.25, -0.2) is 4.79 Å². The molecule has 1 heterocycles. The van der Waals surface area contributed by atoms with Gasteiger partial charge in [-0.15, -0.1) is 0 Å². The molecular formula is C40H53N5O12S. The van der Waals surface area contributed by atoms with Crippen molar-refractivity contribution in [2.45, 2.75) is 77.2 Å². The largest absolute Gasteiger partial charge is 0.482 e. The van der Waals surface area contributed by atoms with Crippen molar-refractivity contribution in [3.8, 4) is 5.75 Å². The van der Waals surface area contributed by atoms with Gasteiger partial charge >= 0.3 is 11.9 Å².